The van der Waals surface area contributed by atoms with E-state index in [0.717, 1.165) is 24.2 Å². The normalized spacial score (nSPS) is 44.0. The van der Waals surface area contributed by atoms with Crippen LogP contribution in [0, 0.1) is 28.6 Å². The summed E-state index contributed by atoms with van der Waals surface area (Å²) >= 11 is 0. The number of hydrogen-bond donors (Lipinski definition) is 1. The summed E-state index contributed by atoms with van der Waals surface area (Å²) in [4.78, 5) is 11.0. The molecular weight excluding hydrogens is 296 g/mol. The summed E-state index contributed by atoms with van der Waals surface area (Å²) in [6, 6.07) is 0. The fourth-order valence-electron chi connectivity index (χ4n) is 7.04. The summed E-state index contributed by atoms with van der Waals surface area (Å²) in [6.45, 7) is 5.01. The SMILES string of the molecule is C[C@]12CCCC=C1CC[C@@H]1[C@@H]2CC[C@]2(C)C(CCC(=O)O)=CC[C@@H]12. The van der Waals surface area contributed by atoms with Crippen molar-refractivity contribution in [3.8, 4) is 0 Å². The molecule has 0 aromatic carbocycles. The number of allylic oxidation sites excluding steroid dienone is 4. The molecule has 2 fully saturated rings. The second kappa shape index (κ2) is 5.75. The molecule has 0 heterocycles. The van der Waals surface area contributed by atoms with Crippen LogP contribution in [0.1, 0.15) is 78.1 Å². The lowest BCUT2D eigenvalue weighted by molar-refractivity contribution is -0.137. The summed E-state index contributed by atoms with van der Waals surface area (Å²) in [7, 11) is 0. The van der Waals surface area contributed by atoms with Crippen molar-refractivity contribution < 1.29 is 9.90 Å². The van der Waals surface area contributed by atoms with Crippen LogP contribution in [0.25, 0.3) is 0 Å². The zero-order valence-corrected chi connectivity index (χ0v) is 15.3. The number of fused-ring (bicyclic) bond motifs is 5. The van der Waals surface area contributed by atoms with Crippen LogP contribution in [-0.4, -0.2) is 11.1 Å². The topological polar surface area (TPSA) is 37.3 Å². The molecule has 0 aromatic rings. The predicted molar refractivity (Wildman–Crippen MR) is 96.7 cm³/mol. The molecule has 0 aliphatic heterocycles. The summed E-state index contributed by atoms with van der Waals surface area (Å²) in [5.41, 5.74) is 3.98. The molecule has 0 aromatic heterocycles. The maximum absolute atomic E-state index is 11.0. The van der Waals surface area contributed by atoms with Crippen molar-refractivity contribution in [2.75, 3.05) is 0 Å². The van der Waals surface area contributed by atoms with Gasteiger partial charge in [-0.05, 0) is 86.4 Å². The lowest BCUT2D eigenvalue weighted by Gasteiger charge is -2.58. The van der Waals surface area contributed by atoms with Crippen molar-refractivity contribution in [1.29, 1.82) is 0 Å². The largest absolute Gasteiger partial charge is 0.481 e. The monoisotopic (exact) mass is 328 g/mol. The van der Waals surface area contributed by atoms with E-state index >= 15 is 0 Å². The van der Waals surface area contributed by atoms with Gasteiger partial charge in [0.2, 0.25) is 0 Å². The van der Waals surface area contributed by atoms with Gasteiger partial charge in [0.1, 0.15) is 0 Å². The van der Waals surface area contributed by atoms with Gasteiger partial charge >= 0.3 is 5.97 Å². The Bertz CT molecular complexity index is 601. The van der Waals surface area contributed by atoms with Gasteiger partial charge in [0.05, 0.1) is 0 Å². The van der Waals surface area contributed by atoms with E-state index in [1.165, 1.54) is 56.9 Å². The van der Waals surface area contributed by atoms with E-state index in [1.54, 1.807) is 5.57 Å². The highest BCUT2D eigenvalue weighted by atomic mass is 16.4. The van der Waals surface area contributed by atoms with Crippen LogP contribution in [0.15, 0.2) is 23.3 Å². The first-order valence-electron chi connectivity index (χ1n) is 10.1. The van der Waals surface area contributed by atoms with E-state index < -0.39 is 5.97 Å². The molecule has 4 aliphatic rings. The zero-order chi connectivity index (χ0) is 16.9. The van der Waals surface area contributed by atoms with Gasteiger partial charge in [0, 0.05) is 6.42 Å². The molecule has 0 radical (unpaired) electrons. The lowest BCUT2D eigenvalue weighted by Crippen LogP contribution is -2.49. The number of carboxylic acids is 1. The highest BCUT2D eigenvalue weighted by Crippen LogP contribution is 2.65. The maximum Gasteiger partial charge on any atom is 0.303 e. The third-order valence-electron chi connectivity index (χ3n) is 8.38. The third kappa shape index (κ3) is 2.32. The molecule has 24 heavy (non-hydrogen) atoms. The Morgan fingerprint density at radius 2 is 2.00 bits per heavy atom. The first kappa shape index (κ1) is 16.4. The van der Waals surface area contributed by atoms with Crippen molar-refractivity contribution in [1.82, 2.24) is 0 Å². The predicted octanol–water partition coefficient (Wildman–Crippen LogP) is 5.74. The van der Waals surface area contributed by atoms with Crippen molar-refractivity contribution in [2.24, 2.45) is 28.6 Å². The van der Waals surface area contributed by atoms with E-state index in [0.29, 0.717) is 11.8 Å². The van der Waals surface area contributed by atoms with Crippen LogP contribution in [0.3, 0.4) is 0 Å². The molecule has 2 saturated carbocycles. The van der Waals surface area contributed by atoms with E-state index in [2.05, 4.69) is 26.0 Å². The van der Waals surface area contributed by atoms with Gasteiger partial charge in [-0.3, -0.25) is 4.79 Å². The lowest BCUT2D eigenvalue weighted by atomic mass is 9.47. The summed E-state index contributed by atoms with van der Waals surface area (Å²) < 4.78 is 0. The van der Waals surface area contributed by atoms with Crippen LogP contribution in [0.2, 0.25) is 0 Å². The second-order valence-electron chi connectivity index (χ2n) is 9.27. The van der Waals surface area contributed by atoms with E-state index in [9.17, 15) is 4.79 Å². The molecule has 0 amide bonds. The van der Waals surface area contributed by atoms with Gasteiger partial charge in [-0.1, -0.05) is 37.1 Å². The molecule has 2 nitrogen and oxygen atoms in total. The van der Waals surface area contributed by atoms with E-state index in [4.69, 9.17) is 5.11 Å². The average molecular weight is 328 g/mol. The molecular formula is C22H32O2. The van der Waals surface area contributed by atoms with Crippen LogP contribution < -0.4 is 0 Å². The number of carboxylic acid groups (broad SMARTS) is 1. The Hall–Kier alpha value is -1.05. The molecule has 0 bridgehead atoms. The Morgan fingerprint density at radius 3 is 2.79 bits per heavy atom. The number of aliphatic carboxylic acids is 1. The molecule has 0 saturated heterocycles. The summed E-state index contributed by atoms with van der Waals surface area (Å²) in [6.07, 6.45) is 16.6. The number of carbonyl (C=O) groups is 1. The van der Waals surface area contributed by atoms with Crippen LogP contribution in [-0.2, 0) is 4.79 Å². The first-order valence-corrected chi connectivity index (χ1v) is 10.1. The molecule has 0 unspecified atom stereocenters. The Labute approximate surface area is 146 Å². The molecule has 4 aliphatic carbocycles. The summed E-state index contributed by atoms with van der Waals surface area (Å²) in [5.74, 6) is 1.82. The van der Waals surface area contributed by atoms with Gasteiger partial charge in [0.15, 0.2) is 0 Å². The second-order valence-corrected chi connectivity index (χ2v) is 9.27. The van der Waals surface area contributed by atoms with Gasteiger partial charge in [-0.2, -0.15) is 0 Å². The quantitative estimate of drug-likeness (QED) is 0.671. The maximum atomic E-state index is 11.0. The Balaban J connectivity index is 1.57. The van der Waals surface area contributed by atoms with Crippen molar-refractivity contribution in [2.45, 2.75) is 78.1 Å². The van der Waals surface area contributed by atoms with Gasteiger partial charge in [-0.25, -0.2) is 0 Å². The third-order valence-corrected chi connectivity index (χ3v) is 8.38. The first-order chi connectivity index (χ1) is 11.4. The molecule has 1 N–H and O–H groups in total. The highest BCUT2D eigenvalue weighted by Gasteiger charge is 2.56. The molecule has 5 atom stereocenters. The minimum absolute atomic E-state index is 0.281. The van der Waals surface area contributed by atoms with E-state index in [-0.39, 0.29) is 5.41 Å². The average Bonchev–Trinajstić information content (AvgIpc) is 2.89. The van der Waals surface area contributed by atoms with Crippen molar-refractivity contribution in [3.05, 3.63) is 23.3 Å². The van der Waals surface area contributed by atoms with Gasteiger partial charge < -0.3 is 5.11 Å². The minimum Gasteiger partial charge on any atom is -0.481 e. The zero-order valence-electron chi connectivity index (χ0n) is 15.3. The van der Waals surface area contributed by atoms with Gasteiger partial charge in [-0.15, -0.1) is 0 Å². The smallest absolute Gasteiger partial charge is 0.303 e. The van der Waals surface area contributed by atoms with Crippen molar-refractivity contribution >= 4 is 5.97 Å². The van der Waals surface area contributed by atoms with Crippen LogP contribution >= 0.6 is 0 Å². The van der Waals surface area contributed by atoms with E-state index in [1.807, 2.05) is 0 Å². The fraction of sp³-hybridized carbons (Fsp3) is 0.773. The standard InChI is InChI=1S/C22H32O2/c1-21-13-4-3-5-15(21)6-9-17-18-10-7-16(8-11-20(23)24)22(18,2)14-12-19(17)21/h5,7,17-19H,3-4,6,8-14H2,1-2H3,(H,23,24)/t17-,18-,19-,21-,22+/m0/s1. The van der Waals surface area contributed by atoms with Gasteiger partial charge in [0.25, 0.3) is 0 Å². The number of hydrogen-bond acceptors (Lipinski definition) is 1. The Morgan fingerprint density at radius 1 is 1.17 bits per heavy atom. The fourth-order valence-corrected chi connectivity index (χ4v) is 7.04. The minimum atomic E-state index is -0.654. The molecule has 4 rings (SSSR count). The molecule has 2 heteroatoms. The summed E-state index contributed by atoms with van der Waals surface area (Å²) in [5, 5.41) is 9.07. The number of rotatable bonds is 3. The molecule has 0 spiro atoms. The Kier molecular flexibility index (Phi) is 3.93. The molecule has 132 valence electrons. The van der Waals surface area contributed by atoms with Crippen LogP contribution in [0.4, 0.5) is 0 Å². The van der Waals surface area contributed by atoms with Crippen LogP contribution in [0.5, 0.6) is 0 Å². The van der Waals surface area contributed by atoms with Crippen molar-refractivity contribution in [3.63, 3.8) is 0 Å². The highest BCUT2D eigenvalue weighted by molar-refractivity contribution is 5.67.